The molecule has 5 nitrogen and oxygen atoms in total. The first-order valence-electron chi connectivity index (χ1n) is 8.01. The van der Waals surface area contributed by atoms with Crippen LogP contribution in [0.25, 0.3) is 0 Å². The van der Waals surface area contributed by atoms with Crippen molar-refractivity contribution in [3.05, 3.63) is 53.6 Å². The quantitative estimate of drug-likeness (QED) is 0.886. The van der Waals surface area contributed by atoms with Crippen LogP contribution in [0.3, 0.4) is 0 Å². The summed E-state index contributed by atoms with van der Waals surface area (Å²) in [7, 11) is 0. The Hall–Kier alpha value is -2.21. The van der Waals surface area contributed by atoms with Crippen molar-refractivity contribution in [2.24, 2.45) is 0 Å². The lowest BCUT2D eigenvalue weighted by Crippen LogP contribution is -2.32. The second kappa shape index (κ2) is 7.37. The van der Waals surface area contributed by atoms with E-state index in [9.17, 15) is 9.18 Å². The van der Waals surface area contributed by atoms with Gasteiger partial charge in [-0.05, 0) is 49.6 Å². The number of piperidine rings is 1. The summed E-state index contributed by atoms with van der Waals surface area (Å²) < 4.78 is 15.0. The smallest absolute Gasteiger partial charge is 0.271 e. The maximum absolute atomic E-state index is 13.1. The number of nitrogens with zero attached hydrogens (tertiary/aromatic N) is 2. The fraction of sp³-hybridized carbons (Fsp3) is 0.412. The van der Waals surface area contributed by atoms with Gasteiger partial charge in [0.15, 0.2) is 0 Å². The highest BCUT2D eigenvalue weighted by Crippen LogP contribution is 2.15. The first-order chi connectivity index (χ1) is 11.2. The Kier molecular flexibility index (Phi) is 5.02. The van der Waals surface area contributed by atoms with Gasteiger partial charge in [-0.15, -0.1) is 0 Å². The second-order valence-corrected chi connectivity index (χ2v) is 5.82. The van der Waals surface area contributed by atoms with Crippen molar-refractivity contribution in [2.75, 3.05) is 19.6 Å². The van der Waals surface area contributed by atoms with Gasteiger partial charge in [0.2, 0.25) is 0 Å². The number of benzene rings is 1. The van der Waals surface area contributed by atoms with Crippen molar-refractivity contribution in [3.63, 3.8) is 0 Å². The van der Waals surface area contributed by atoms with Crippen molar-refractivity contribution in [1.82, 2.24) is 20.4 Å². The van der Waals surface area contributed by atoms with E-state index in [1.165, 1.54) is 12.1 Å². The molecule has 6 heteroatoms. The molecule has 1 saturated heterocycles. The van der Waals surface area contributed by atoms with Crippen molar-refractivity contribution < 1.29 is 9.18 Å². The van der Waals surface area contributed by atoms with E-state index in [4.69, 9.17) is 0 Å². The summed E-state index contributed by atoms with van der Waals surface area (Å²) in [5.41, 5.74) is 1.29. The van der Waals surface area contributed by atoms with Crippen LogP contribution in [0, 0.1) is 5.82 Å². The molecular formula is C17H21FN4O. The van der Waals surface area contributed by atoms with Crippen LogP contribution in [-0.2, 0) is 6.42 Å². The molecule has 1 fully saturated rings. The van der Waals surface area contributed by atoms with E-state index in [2.05, 4.69) is 15.7 Å². The maximum atomic E-state index is 13.1. The number of carbonyl (C=O) groups excluding carboxylic acids is 1. The van der Waals surface area contributed by atoms with Crippen molar-refractivity contribution in [1.29, 1.82) is 0 Å². The predicted octanol–water partition coefficient (Wildman–Crippen LogP) is 1.92. The molecule has 1 aromatic heterocycles. The molecule has 0 radical (unpaired) electrons. The third-order valence-electron chi connectivity index (χ3n) is 4.07. The van der Waals surface area contributed by atoms with Gasteiger partial charge in [-0.25, -0.2) is 4.39 Å². The van der Waals surface area contributed by atoms with Gasteiger partial charge in [-0.1, -0.05) is 12.1 Å². The summed E-state index contributed by atoms with van der Waals surface area (Å²) in [5, 5.41) is 10.5. The summed E-state index contributed by atoms with van der Waals surface area (Å²) in [6.07, 6.45) is 4.66. The Morgan fingerprint density at radius 3 is 3.13 bits per heavy atom. The van der Waals surface area contributed by atoms with E-state index in [0.29, 0.717) is 24.7 Å². The summed E-state index contributed by atoms with van der Waals surface area (Å²) in [6, 6.07) is 8.47. The molecule has 0 aliphatic carbocycles. The Labute approximate surface area is 134 Å². The van der Waals surface area contributed by atoms with Crippen molar-refractivity contribution in [2.45, 2.75) is 25.3 Å². The van der Waals surface area contributed by atoms with Crippen LogP contribution < -0.4 is 10.6 Å². The number of amides is 1. The highest BCUT2D eigenvalue weighted by atomic mass is 19.1. The van der Waals surface area contributed by atoms with Gasteiger partial charge < -0.3 is 10.6 Å². The summed E-state index contributed by atoms with van der Waals surface area (Å²) in [6.45, 7) is 2.40. The highest BCUT2D eigenvalue weighted by molar-refractivity contribution is 5.92. The lowest BCUT2D eigenvalue weighted by molar-refractivity contribution is 0.0948. The zero-order valence-corrected chi connectivity index (χ0v) is 13.0. The molecule has 1 aromatic carbocycles. The van der Waals surface area contributed by atoms with E-state index in [1.807, 2.05) is 16.9 Å². The molecule has 0 spiro atoms. The zero-order valence-electron chi connectivity index (χ0n) is 13.0. The summed E-state index contributed by atoms with van der Waals surface area (Å²) in [4.78, 5) is 12.1. The van der Waals surface area contributed by atoms with Gasteiger partial charge in [-0.2, -0.15) is 5.10 Å². The first kappa shape index (κ1) is 15.7. The first-order valence-corrected chi connectivity index (χ1v) is 8.01. The third-order valence-corrected chi connectivity index (χ3v) is 4.07. The molecule has 122 valence electrons. The van der Waals surface area contributed by atoms with Crippen LogP contribution in [0.4, 0.5) is 4.39 Å². The van der Waals surface area contributed by atoms with E-state index < -0.39 is 0 Å². The van der Waals surface area contributed by atoms with Gasteiger partial charge in [-0.3, -0.25) is 9.48 Å². The number of hydrogen-bond donors (Lipinski definition) is 2. The average molecular weight is 316 g/mol. The number of aromatic nitrogens is 2. The lowest BCUT2D eigenvalue weighted by atomic mass is 10.1. The number of halogens is 1. The van der Waals surface area contributed by atoms with Crippen LogP contribution in [-0.4, -0.2) is 35.3 Å². The van der Waals surface area contributed by atoms with Gasteiger partial charge in [0.25, 0.3) is 5.91 Å². The van der Waals surface area contributed by atoms with E-state index in [-0.39, 0.29) is 11.7 Å². The SMILES string of the molecule is O=C(NCCc1cccc(F)c1)c1ccn(C2CCCNC2)n1. The normalized spacial score (nSPS) is 17.9. The number of rotatable bonds is 5. The molecule has 23 heavy (non-hydrogen) atoms. The zero-order chi connectivity index (χ0) is 16.1. The summed E-state index contributed by atoms with van der Waals surface area (Å²) >= 11 is 0. The van der Waals surface area contributed by atoms with Crippen LogP contribution in [0.2, 0.25) is 0 Å². The number of carbonyl (C=O) groups is 1. The van der Waals surface area contributed by atoms with E-state index in [1.54, 1.807) is 12.1 Å². The summed E-state index contributed by atoms with van der Waals surface area (Å²) in [5.74, 6) is -0.447. The number of hydrogen-bond acceptors (Lipinski definition) is 3. The van der Waals surface area contributed by atoms with Crippen LogP contribution in [0.1, 0.15) is 34.9 Å². The Bertz CT molecular complexity index is 664. The minimum Gasteiger partial charge on any atom is -0.350 e. The lowest BCUT2D eigenvalue weighted by Gasteiger charge is -2.22. The van der Waals surface area contributed by atoms with Gasteiger partial charge >= 0.3 is 0 Å². The Morgan fingerprint density at radius 2 is 2.35 bits per heavy atom. The molecular weight excluding hydrogens is 295 g/mol. The van der Waals surface area contributed by atoms with Gasteiger partial charge in [0.1, 0.15) is 11.5 Å². The van der Waals surface area contributed by atoms with Gasteiger partial charge in [0.05, 0.1) is 6.04 Å². The molecule has 0 bridgehead atoms. The molecule has 1 unspecified atom stereocenters. The molecule has 1 amide bonds. The third kappa shape index (κ3) is 4.16. The highest BCUT2D eigenvalue weighted by Gasteiger charge is 2.17. The van der Waals surface area contributed by atoms with Crippen LogP contribution in [0.15, 0.2) is 36.5 Å². The van der Waals surface area contributed by atoms with Crippen molar-refractivity contribution in [3.8, 4) is 0 Å². The molecule has 3 rings (SSSR count). The fourth-order valence-corrected chi connectivity index (χ4v) is 2.83. The Morgan fingerprint density at radius 1 is 1.43 bits per heavy atom. The number of nitrogens with one attached hydrogen (secondary N) is 2. The monoisotopic (exact) mass is 316 g/mol. The molecule has 2 aromatic rings. The minimum atomic E-state index is -0.256. The van der Waals surface area contributed by atoms with Crippen molar-refractivity contribution >= 4 is 5.91 Å². The topological polar surface area (TPSA) is 59.0 Å². The van der Waals surface area contributed by atoms with Gasteiger partial charge in [0, 0.05) is 19.3 Å². The molecule has 2 N–H and O–H groups in total. The minimum absolute atomic E-state index is 0.191. The standard InChI is InChI=1S/C17H21FN4O/c18-14-4-1-3-13(11-14)6-9-20-17(23)16-7-10-22(21-16)15-5-2-8-19-12-15/h1,3-4,7,10-11,15,19H,2,5-6,8-9,12H2,(H,20,23). The predicted molar refractivity (Wildman–Crippen MR) is 85.8 cm³/mol. The second-order valence-electron chi connectivity index (χ2n) is 5.82. The fourth-order valence-electron chi connectivity index (χ4n) is 2.83. The molecule has 0 saturated carbocycles. The van der Waals surface area contributed by atoms with E-state index >= 15 is 0 Å². The van der Waals surface area contributed by atoms with Crippen LogP contribution >= 0.6 is 0 Å². The molecule has 1 aliphatic rings. The largest absolute Gasteiger partial charge is 0.350 e. The van der Waals surface area contributed by atoms with E-state index in [0.717, 1.165) is 31.5 Å². The molecule has 2 heterocycles. The Balaban J connectivity index is 1.51. The average Bonchev–Trinajstić information content (AvgIpc) is 3.06. The molecule has 1 atom stereocenters. The molecule has 1 aliphatic heterocycles. The van der Waals surface area contributed by atoms with Crippen LogP contribution in [0.5, 0.6) is 0 Å². The maximum Gasteiger partial charge on any atom is 0.271 e.